The third-order valence-electron chi connectivity index (χ3n) is 3.33. The topological polar surface area (TPSA) is 62.4 Å². The number of aromatic nitrogens is 1. The van der Waals surface area contributed by atoms with Crippen molar-refractivity contribution in [1.82, 2.24) is 4.98 Å². The summed E-state index contributed by atoms with van der Waals surface area (Å²) in [6, 6.07) is 1.71. The maximum Gasteiger partial charge on any atom is 0.151 e. The first-order valence-corrected chi connectivity index (χ1v) is 6.12. The Balaban J connectivity index is 2.24. The van der Waals surface area contributed by atoms with Crippen LogP contribution < -0.4 is 10.6 Å². The van der Waals surface area contributed by atoms with Crippen molar-refractivity contribution in [3.63, 3.8) is 0 Å². The summed E-state index contributed by atoms with van der Waals surface area (Å²) in [6.07, 6.45) is 2.06. The Morgan fingerprint density at radius 3 is 2.88 bits per heavy atom. The molecule has 1 aliphatic heterocycles. The fourth-order valence-corrected chi connectivity index (χ4v) is 2.40. The van der Waals surface area contributed by atoms with E-state index in [4.69, 9.17) is 17.3 Å². The van der Waals surface area contributed by atoms with Crippen molar-refractivity contribution in [2.75, 3.05) is 23.7 Å². The number of pyridine rings is 1. The molecule has 3 N–H and O–H groups in total. The van der Waals surface area contributed by atoms with Crippen LogP contribution in [0.1, 0.15) is 20.3 Å². The number of hydrogen-bond donors (Lipinski definition) is 2. The molecule has 0 bridgehead atoms. The fraction of sp³-hybridized carbons (Fsp3) is 0.583. The van der Waals surface area contributed by atoms with Crippen LogP contribution in [0.3, 0.4) is 0 Å². The van der Waals surface area contributed by atoms with Crippen LogP contribution in [0.4, 0.5) is 11.5 Å². The number of anilines is 2. The molecule has 1 fully saturated rings. The van der Waals surface area contributed by atoms with Crippen molar-refractivity contribution in [3.05, 3.63) is 17.3 Å². The highest BCUT2D eigenvalue weighted by Gasteiger charge is 2.35. The molecule has 2 heterocycles. The lowest BCUT2D eigenvalue weighted by Crippen LogP contribution is -2.49. The maximum atomic E-state index is 9.92. The molecule has 0 amide bonds. The van der Waals surface area contributed by atoms with E-state index in [1.165, 1.54) is 0 Å². The van der Waals surface area contributed by atoms with Crippen molar-refractivity contribution in [3.8, 4) is 0 Å². The third-order valence-corrected chi connectivity index (χ3v) is 3.54. The summed E-state index contributed by atoms with van der Waals surface area (Å²) >= 11 is 5.83. The number of nitrogen functional groups attached to an aromatic ring is 1. The quantitative estimate of drug-likeness (QED) is 0.805. The normalized spacial score (nSPS) is 23.8. The number of halogens is 1. The average molecular weight is 256 g/mol. The Morgan fingerprint density at radius 2 is 2.29 bits per heavy atom. The second kappa shape index (κ2) is 4.35. The van der Waals surface area contributed by atoms with Gasteiger partial charge in [0.2, 0.25) is 0 Å². The van der Waals surface area contributed by atoms with Gasteiger partial charge >= 0.3 is 0 Å². The molecular formula is C12H18ClN3O. The number of rotatable bonds is 1. The summed E-state index contributed by atoms with van der Waals surface area (Å²) < 4.78 is 0. The van der Waals surface area contributed by atoms with E-state index in [2.05, 4.69) is 23.7 Å². The van der Waals surface area contributed by atoms with Gasteiger partial charge in [-0.2, -0.15) is 0 Å². The third kappa shape index (κ3) is 2.48. The summed E-state index contributed by atoms with van der Waals surface area (Å²) in [5.41, 5.74) is 6.37. The second-order valence-corrected chi connectivity index (χ2v) is 5.72. The zero-order valence-corrected chi connectivity index (χ0v) is 10.9. The molecular weight excluding hydrogens is 238 g/mol. The van der Waals surface area contributed by atoms with E-state index in [0.717, 1.165) is 25.3 Å². The lowest BCUT2D eigenvalue weighted by molar-refractivity contribution is 0.0334. The largest absolute Gasteiger partial charge is 0.396 e. The van der Waals surface area contributed by atoms with Gasteiger partial charge in [-0.25, -0.2) is 4.98 Å². The number of nitrogens with two attached hydrogens (primary N) is 1. The highest BCUT2D eigenvalue weighted by molar-refractivity contribution is 6.30. The van der Waals surface area contributed by atoms with E-state index in [1.807, 2.05) is 0 Å². The number of piperidine rings is 1. The van der Waals surface area contributed by atoms with Crippen LogP contribution in [0, 0.1) is 5.41 Å². The van der Waals surface area contributed by atoms with Gasteiger partial charge in [0, 0.05) is 24.7 Å². The lowest BCUT2D eigenvalue weighted by atomic mass is 9.81. The van der Waals surface area contributed by atoms with Gasteiger partial charge in [-0.1, -0.05) is 25.4 Å². The van der Waals surface area contributed by atoms with Gasteiger partial charge in [0.15, 0.2) is 5.82 Å². The van der Waals surface area contributed by atoms with Gasteiger partial charge in [0.25, 0.3) is 0 Å². The van der Waals surface area contributed by atoms with Crippen LogP contribution >= 0.6 is 11.6 Å². The number of aliphatic hydroxyl groups excluding tert-OH is 1. The molecule has 17 heavy (non-hydrogen) atoms. The predicted octanol–water partition coefficient (Wildman–Crippen LogP) is 1.91. The summed E-state index contributed by atoms with van der Waals surface area (Å²) in [4.78, 5) is 6.39. The van der Waals surface area contributed by atoms with E-state index in [-0.39, 0.29) is 11.5 Å². The van der Waals surface area contributed by atoms with Crippen LogP contribution in [-0.4, -0.2) is 29.3 Å². The van der Waals surface area contributed by atoms with E-state index in [1.54, 1.807) is 12.3 Å². The minimum atomic E-state index is -0.271. The highest BCUT2D eigenvalue weighted by atomic mass is 35.5. The van der Waals surface area contributed by atoms with Crippen LogP contribution in [0.15, 0.2) is 12.3 Å². The molecule has 2 rings (SSSR count). The standard InChI is InChI=1S/C12H18ClN3O/c1-12(2)7-16(4-3-10(12)17)11-9(14)5-8(13)6-15-11/h5-6,10,17H,3-4,7,14H2,1-2H3. The first-order valence-electron chi connectivity index (χ1n) is 5.74. The molecule has 4 nitrogen and oxygen atoms in total. The summed E-state index contributed by atoms with van der Waals surface area (Å²) in [6.45, 7) is 5.61. The molecule has 1 aliphatic rings. The highest BCUT2D eigenvalue weighted by Crippen LogP contribution is 2.33. The summed E-state index contributed by atoms with van der Waals surface area (Å²) in [7, 11) is 0. The monoisotopic (exact) mass is 255 g/mol. The van der Waals surface area contributed by atoms with E-state index in [0.29, 0.717) is 10.7 Å². The Hall–Kier alpha value is -1.00. The molecule has 94 valence electrons. The molecule has 0 spiro atoms. The van der Waals surface area contributed by atoms with Gasteiger partial charge < -0.3 is 15.7 Å². The molecule has 1 aromatic rings. The summed E-state index contributed by atoms with van der Waals surface area (Å²) in [5, 5.41) is 10.5. The van der Waals surface area contributed by atoms with Gasteiger partial charge in [-0.3, -0.25) is 0 Å². The van der Waals surface area contributed by atoms with Crippen molar-refractivity contribution in [1.29, 1.82) is 0 Å². The Bertz CT molecular complexity index is 422. The van der Waals surface area contributed by atoms with Crippen molar-refractivity contribution < 1.29 is 5.11 Å². The molecule has 5 heteroatoms. The smallest absolute Gasteiger partial charge is 0.151 e. The zero-order chi connectivity index (χ0) is 12.6. The Morgan fingerprint density at radius 1 is 1.59 bits per heavy atom. The first kappa shape index (κ1) is 12.5. The van der Waals surface area contributed by atoms with Gasteiger partial charge in [-0.05, 0) is 12.5 Å². The van der Waals surface area contributed by atoms with Gasteiger partial charge in [-0.15, -0.1) is 0 Å². The minimum Gasteiger partial charge on any atom is -0.396 e. The van der Waals surface area contributed by atoms with Gasteiger partial charge in [0.1, 0.15) is 0 Å². The Kier molecular flexibility index (Phi) is 3.19. The van der Waals surface area contributed by atoms with Crippen molar-refractivity contribution in [2.24, 2.45) is 5.41 Å². The van der Waals surface area contributed by atoms with Crippen LogP contribution in [0.25, 0.3) is 0 Å². The van der Waals surface area contributed by atoms with E-state index < -0.39 is 0 Å². The molecule has 1 aromatic heterocycles. The lowest BCUT2D eigenvalue weighted by Gasteiger charge is -2.42. The number of aliphatic hydroxyl groups is 1. The van der Waals surface area contributed by atoms with Crippen LogP contribution in [-0.2, 0) is 0 Å². The first-order chi connectivity index (χ1) is 7.90. The maximum absolute atomic E-state index is 9.92. The minimum absolute atomic E-state index is 0.147. The van der Waals surface area contributed by atoms with Crippen LogP contribution in [0.5, 0.6) is 0 Å². The zero-order valence-electron chi connectivity index (χ0n) is 10.2. The molecule has 1 atom stereocenters. The molecule has 0 aromatic carbocycles. The molecule has 0 saturated carbocycles. The average Bonchev–Trinajstić information content (AvgIpc) is 2.22. The van der Waals surface area contributed by atoms with Crippen LogP contribution in [0.2, 0.25) is 5.02 Å². The predicted molar refractivity (Wildman–Crippen MR) is 70.3 cm³/mol. The van der Waals surface area contributed by atoms with Crippen molar-refractivity contribution >= 4 is 23.1 Å². The van der Waals surface area contributed by atoms with Crippen molar-refractivity contribution in [2.45, 2.75) is 26.4 Å². The summed E-state index contributed by atoms with van der Waals surface area (Å²) in [5.74, 6) is 0.759. The van der Waals surface area contributed by atoms with E-state index in [9.17, 15) is 5.11 Å². The SMILES string of the molecule is CC1(C)CN(c2ncc(Cl)cc2N)CCC1O. The molecule has 0 radical (unpaired) electrons. The molecule has 0 aliphatic carbocycles. The molecule has 1 unspecified atom stereocenters. The number of nitrogens with zero attached hydrogens (tertiary/aromatic N) is 2. The number of hydrogen-bond acceptors (Lipinski definition) is 4. The fourth-order valence-electron chi connectivity index (χ4n) is 2.24. The molecule has 1 saturated heterocycles. The Labute approximate surface area is 106 Å². The second-order valence-electron chi connectivity index (χ2n) is 5.28. The van der Waals surface area contributed by atoms with Gasteiger partial charge in [0.05, 0.1) is 16.8 Å². The van der Waals surface area contributed by atoms with E-state index >= 15 is 0 Å².